The summed E-state index contributed by atoms with van der Waals surface area (Å²) in [6, 6.07) is 8.00. The van der Waals surface area contributed by atoms with E-state index in [1.165, 1.54) is 24.3 Å². The van der Waals surface area contributed by atoms with Crippen LogP contribution in [0.25, 0.3) is 0 Å². The predicted molar refractivity (Wildman–Crippen MR) is 62.5 cm³/mol. The molecule has 0 fully saturated rings. The zero-order valence-corrected chi connectivity index (χ0v) is 9.42. The van der Waals surface area contributed by atoms with Crippen LogP contribution in [-0.2, 0) is 0 Å². The molecule has 17 heavy (non-hydrogen) atoms. The van der Waals surface area contributed by atoms with E-state index in [9.17, 15) is 15.0 Å². The Kier molecular flexibility index (Phi) is 4.44. The van der Waals surface area contributed by atoms with Gasteiger partial charge in [-0.15, -0.1) is 0 Å². The minimum absolute atomic E-state index is 0.336. The Labute approximate surface area is 99.4 Å². The molecule has 0 amide bonds. The Balaban J connectivity index is 2.87. The molecule has 1 aromatic carbocycles. The molecule has 1 aromatic rings. The van der Waals surface area contributed by atoms with Crippen LogP contribution >= 0.6 is 0 Å². The molecular formula is C13H13NO3. The number of carbonyl (C=O) groups is 1. The van der Waals surface area contributed by atoms with E-state index in [0.717, 1.165) is 6.08 Å². The molecular weight excluding hydrogens is 218 g/mol. The van der Waals surface area contributed by atoms with Crippen molar-refractivity contribution in [3.8, 4) is 6.07 Å². The summed E-state index contributed by atoms with van der Waals surface area (Å²) in [5.74, 6) is -0.749. The SMILES string of the molecule is CCC(O)/C(O)=C/C(=O)c1ccc(C#N)cc1. The summed E-state index contributed by atoms with van der Waals surface area (Å²) in [6.45, 7) is 1.70. The molecule has 4 nitrogen and oxygen atoms in total. The molecule has 0 saturated carbocycles. The van der Waals surface area contributed by atoms with Crippen LogP contribution in [0.1, 0.15) is 29.3 Å². The van der Waals surface area contributed by atoms with Gasteiger partial charge in [0.2, 0.25) is 0 Å². The molecule has 0 bridgehead atoms. The molecule has 0 radical (unpaired) electrons. The quantitative estimate of drug-likeness (QED) is 0.471. The van der Waals surface area contributed by atoms with Crippen molar-refractivity contribution < 1.29 is 15.0 Å². The monoisotopic (exact) mass is 231 g/mol. The number of benzene rings is 1. The normalized spacial score (nSPS) is 12.9. The number of allylic oxidation sites excluding steroid dienone is 1. The standard InChI is InChI=1S/C13H13NO3/c1-2-11(15)13(17)7-12(16)10-5-3-9(8-14)4-6-10/h3-7,11,15,17H,2H2,1H3/b13-7-. The van der Waals surface area contributed by atoms with E-state index in [2.05, 4.69) is 0 Å². The summed E-state index contributed by atoms with van der Waals surface area (Å²) in [6.07, 6.45) is 0.316. The lowest BCUT2D eigenvalue weighted by atomic mass is 10.1. The number of aliphatic hydroxyl groups is 2. The number of nitriles is 1. The van der Waals surface area contributed by atoms with E-state index in [1.54, 1.807) is 6.92 Å². The van der Waals surface area contributed by atoms with Gasteiger partial charge in [-0.25, -0.2) is 0 Å². The van der Waals surface area contributed by atoms with Crippen molar-refractivity contribution in [3.63, 3.8) is 0 Å². The fourth-order valence-electron chi connectivity index (χ4n) is 1.23. The van der Waals surface area contributed by atoms with Gasteiger partial charge in [-0.2, -0.15) is 5.26 Å². The van der Waals surface area contributed by atoms with Crippen LogP contribution in [0.2, 0.25) is 0 Å². The van der Waals surface area contributed by atoms with Crippen molar-refractivity contribution in [1.29, 1.82) is 5.26 Å². The minimum Gasteiger partial charge on any atom is -0.509 e. The molecule has 0 saturated heterocycles. The smallest absolute Gasteiger partial charge is 0.189 e. The molecule has 88 valence electrons. The van der Waals surface area contributed by atoms with E-state index in [-0.39, 0.29) is 5.76 Å². The van der Waals surface area contributed by atoms with E-state index in [0.29, 0.717) is 17.5 Å². The van der Waals surface area contributed by atoms with Crippen molar-refractivity contribution >= 4 is 5.78 Å². The zero-order valence-electron chi connectivity index (χ0n) is 9.42. The van der Waals surface area contributed by atoms with Crippen LogP contribution in [0.5, 0.6) is 0 Å². The third-order valence-corrected chi connectivity index (χ3v) is 2.31. The fraction of sp³-hybridized carbons (Fsp3) is 0.231. The highest BCUT2D eigenvalue weighted by molar-refractivity contribution is 6.04. The highest BCUT2D eigenvalue weighted by atomic mass is 16.3. The van der Waals surface area contributed by atoms with Crippen LogP contribution < -0.4 is 0 Å². The molecule has 0 spiro atoms. The summed E-state index contributed by atoms with van der Waals surface area (Å²) in [5.41, 5.74) is 0.821. The van der Waals surface area contributed by atoms with Crippen molar-refractivity contribution in [3.05, 3.63) is 47.2 Å². The van der Waals surface area contributed by atoms with Gasteiger partial charge in [0.15, 0.2) is 5.78 Å². The lowest BCUT2D eigenvalue weighted by Gasteiger charge is -2.05. The molecule has 1 unspecified atom stereocenters. The van der Waals surface area contributed by atoms with E-state index >= 15 is 0 Å². The largest absolute Gasteiger partial charge is 0.509 e. The van der Waals surface area contributed by atoms with E-state index in [1.807, 2.05) is 6.07 Å². The fourth-order valence-corrected chi connectivity index (χ4v) is 1.23. The van der Waals surface area contributed by atoms with Crippen molar-refractivity contribution in [2.24, 2.45) is 0 Å². The summed E-state index contributed by atoms with van der Waals surface area (Å²) in [7, 11) is 0. The lowest BCUT2D eigenvalue weighted by Crippen LogP contribution is -2.10. The van der Waals surface area contributed by atoms with Crippen molar-refractivity contribution in [2.75, 3.05) is 0 Å². The zero-order chi connectivity index (χ0) is 12.8. The average Bonchev–Trinajstić information content (AvgIpc) is 2.37. The van der Waals surface area contributed by atoms with Crippen molar-refractivity contribution in [1.82, 2.24) is 0 Å². The molecule has 0 aromatic heterocycles. The van der Waals surface area contributed by atoms with Gasteiger partial charge in [-0.05, 0) is 30.7 Å². The Hall–Kier alpha value is -2.12. The molecule has 1 atom stereocenters. The molecule has 0 heterocycles. The molecule has 0 aliphatic heterocycles. The number of hydrogen-bond donors (Lipinski definition) is 2. The molecule has 0 aliphatic rings. The number of aliphatic hydroxyl groups excluding tert-OH is 2. The first kappa shape index (κ1) is 12.9. The first-order chi connectivity index (χ1) is 8.08. The maximum Gasteiger partial charge on any atom is 0.189 e. The highest BCUT2D eigenvalue weighted by Crippen LogP contribution is 2.08. The van der Waals surface area contributed by atoms with E-state index in [4.69, 9.17) is 5.26 Å². The second-order valence-electron chi connectivity index (χ2n) is 3.55. The number of hydrogen-bond acceptors (Lipinski definition) is 4. The molecule has 2 N–H and O–H groups in total. The summed E-state index contributed by atoms with van der Waals surface area (Å²) in [5, 5.41) is 27.3. The first-order valence-corrected chi connectivity index (χ1v) is 5.21. The Morgan fingerprint density at radius 2 is 2.06 bits per heavy atom. The number of ketones is 1. The van der Waals surface area contributed by atoms with Crippen LogP contribution in [0, 0.1) is 11.3 Å². The first-order valence-electron chi connectivity index (χ1n) is 5.21. The van der Waals surface area contributed by atoms with Gasteiger partial charge in [-0.3, -0.25) is 4.79 Å². The van der Waals surface area contributed by atoms with Gasteiger partial charge < -0.3 is 10.2 Å². The molecule has 0 aliphatic carbocycles. The predicted octanol–water partition coefficient (Wildman–Crippen LogP) is 1.95. The van der Waals surface area contributed by atoms with Gasteiger partial charge in [0.1, 0.15) is 11.9 Å². The van der Waals surface area contributed by atoms with Crippen LogP contribution in [0.15, 0.2) is 36.1 Å². The van der Waals surface area contributed by atoms with Gasteiger partial charge >= 0.3 is 0 Å². The van der Waals surface area contributed by atoms with Crippen molar-refractivity contribution in [2.45, 2.75) is 19.4 Å². The van der Waals surface area contributed by atoms with Gasteiger partial charge in [0.25, 0.3) is 0 Å². The van der Waals surface area contributed by atoms with E-state index < -0.39 is 11.9 Å². The maximum atomic E-state index is 11.6. The third kappa shape index (κ3) is 3.44. The second kappa shape index (κ2) is 5.83. The second-order valence-corrected chi connectivity index (χ2v) is 3.55. The number of rotatable bonds is 4. The Bertz CT molecular complexity index is 468. The third-order valence-electron chi connectivity index (χ3n) is 2.31. The summed E-state index contributed by atoms with van der Waals surface area (Å²) >= 11 is 0. The maximum absolute atomic E-state index is 11.6. The molecule has 1 rings (SSSR count). The number of carbonyl (C=O) groups excluding carboxylic acids is 1. The van der Waals surface area contributed by atoms with Crippen LogP contribution in [0.4, 0.5) is 0 Å². The molecule has 4 heteroatoms. The van der Waals surface area contributed by atoms with Crippen LogP contribution in [-0.4, -0.2) is 22.1 Å². The topological polar surface area (TPSA) is 81.3 Å². The summed E-state index contributed by atoms with van der Waals surface area (Å²) < 4.78 is 0. The van der Waals surface area contributed by atoms with Gasteiger partial charge in [0, 0.05) is 11.6 Å². The Morgan fingerprint density at radius 1 is 1.47 bits per heavy atom. The van der Waals surface area contributed by atoms with Crippen LogP contribution in [0.3, 0.4) is 0 Å². The Morgan fingerprint density at radius 3 is 2.53 bits per heavy atom. The summed E-state index contributed by atoms with van der Waals surface area (Å²) in [4.78, 5) is 11.6. The van der Waals surface area contributed by atoms with Gasteiger partial charge in [0.05, 0.1) is 11.6 Å². The minimum atomic E-state index is -1.02. The van der Waals surface area contributed by atoms with Gasteiger partial charge in [-0.1, -0.05) is 6.92 Å². The lowest BCUT2D eigenvalue weighted by molar-refractivity contribution is 0.102. The number of nitrogens with zero attached hydrogens (tertiary/aromatic N) is 1. The highest BCUT2D eigenvalue weighted by Gasteiger charge is 2.10. The average molecular weight is 231 g/mol.